The van der Waals surface area contributed by atoms with Gasteiger partial charge in [0.25, 0.3) is 0 Å². The minimum atomic E-state index is 0.666. The summed E-state index contributed by atoms with van der Waals surface area (Å²) in [7, 11) is 1.68. The summed E-state index contributed by atoms with van der Waals surface area (Å²) < 4.78 is 10.3. The first-order valence-electron chi connectivity index (χ1n) is 5.92. The standard InChI is InChI=1S/C11H20N2O2S/c1-14-6-7-15-5-4-12-11-13-8-10(16-11)9-2-3-9/h9-10H,2-8H2,1H3,(H,12,13). The molecule has 0 bridgehead atoms. The van der Waals surface area contributed by atoms with Crippen LogP contribution in [-0.4, -0.2) is 50.4 Å². The summed E-state index contributed by atoms with van der Waals surface area (Å²) in [6.07, 6.45) is 2.81. The van der Waals surface area contributed by atoms with Gasteiger partial charge >= 0.3 is 0 Å². The molecule has 2 aliphatic rings. The highest BCUT2D eigenvalue weighted by Gasteiger charge is 2.35. The molecule has 4 nitrogen and oxygen atoms in total. The molecule has 0 aromatic rings. The zero-order chi connectivity index (χ0) is 11.2. The molecule has 16 heavy (non-hydrogen) atoms. The summed E-state index contributed by atoms with van der Waals surface area (Å²) in [6.45, 7) is 3.90. The fourth-order valence-corrected chi connectivity index (χ4v) is 2.91. The summed E-state index contributed by atoms with van der Waals surface area (Å²) in [5.74, 6) is 0.936. The van der Waals surface area contributed by atoms with E-state index in [9.17, 15) is 0 Å². The van der Waals surface area contributed by atoms with Gasteiger partial charge in [0.15, 0.2) is 5.17 Å². The van der Waals surface area contributed by atoms with Gasteiger partial charge in [-0.1, -0.05) is 11.8 Å². The lowest BCUT2D eigenvalue weighted by molar-refractivity contribution is 0.0734. The highest BCUT2D eigenvalue weighted by atomic mass is 32.2. The highest BCUT2D eigenvalue weighted by Crippen LogP contribution is 2.41. The molecule has 5 heteroatoms. The van der Waals surface area contributed by atoms with Crippen molar-refractivity contribution >= 4 is 16.9 Å². The van der Waals surface area contributed by atoms with Gasteiger partial charge in [0, 0.05) is 18.9 Å². The number of rotatable bonds is 7. The molecule has 1 aliphatic carbocycles. The van der Waals surface area contributed by atoms with Gasteiger partial charge in [-0.25, -0.2) is 0 Å². The normalized spacial score (nSPS) is 24.6. The zero-order valence-electron chi connectivity index (χ0n) is 9.78. The van der Waals surface area contributed by atoms with E-state index in [0.29, 0.717) is 13.2 Å². The number of hydrogen-bond donors (Lipinski definition) is 1. The smallest absolute Gasteiger partial charge is 0.157 e. The van der Waals surface area contributed by atoms with Gasteiger partial charge in [-0.15, -0.1) is 0 Å². The van der Waals surface area contributed by atoms with Crippen molar-refractivity contribution in [2.24, 2.45) is 10.9 Å². The van der Waals surface area contributed by atoms with Crippen molar-refractivity contribution in [3.8, 4) is 0 Å². The van der Waals surface area contributed by atoms with Gasteiger partial charge in [-0.05, 0) is 18.8 Å². The molecule has 0 amide bonds. The highest BCUT2D eigenvalue weighted by molar-refractivity contribution is 8.14. The van der Waals surface area contributed by atoms with Gasteiger partial charge < -0.3 is 14.8 Å². The van der Waals surface area contributed by atoms with Crippen LogP contribution in [0.3, 0.4) is 0 Å². The van der Waals surface area contributed by atoms with E-state index in [1.54, 1.807) is 7.11 Å². The van der Waals surface area contributed by atoms with E-state index in [0.717, 1.165) is 36.0 Å². The fourth-order valence-electron chi connectivity index (χ4n) is 1.68. The van der Waals surface area contributed by atoms with Crippen molar-refractivity contribution in [2.45, 2.75) is 18.1 Å². The molecule has 1 N–H and O–H groups in total. The number of thioether (sulfide) groups is 1. The number of nitrogens with one attached hydrogen (secondary N) is 1. The summed E-state index contributed by atoms with van der Waals surface area (Å²) in [5.41, 5.74) is 0. The predicted octanol–water partition coefficient (Wildman–Crippen LogP) is 1.12. The average Bonchev–Trinajstić information content (AvgIpc) is 3.04. The quantitative estimate of drug-likeness (QED) is 0.682. The molecule has 1 saturated carbocycles. The number of ether oxygens (including phenoxy) is 2. The molecule has 1 unspecified atom stereocenters. The van der Waals surface area contributed by atoms with Crippen LogP contribution in [0.15, 0.2) is 4.99 Å². The summed E-state index contributed by atoms with van der Waals surface area (Å²) in [6, 6.07) is 0. The van der Waals surface area contributed by atoms with E-state index in [1.807, 2.05) is 11.8 Å². The van der Waals surface area contributed by atoms with Crippen LogP contribution in [0.4, 0.5) is 0 Å². The number of methoxy groups -OCH3 is 1. The van der Waals surface area contributed by atoms with E-state index < -0.39 is 0 Å². The first kappa shape index (κ1) is 12.2. The Labute approximate surface area is 101 Å². The van der Waals surface area contributed by atoms with Crippen molar-refractivity contribution < 1.29 is 9.47 Å². The second-order valence-corrected chi connectivity index (χ2v) is 5.40. The third-order valence-electron chi connectivity index (χ3n) is 2.78. The molecule has 0 aromatic heterocycles. The summed E-state index contributed by atoms with van der Waals surface area (Å²) in [5, 5.41) is 5.17. The average molecular weight is 244 g/mol. The van der Waals surface area contributed by atoms with E-state index in [2.05, 4.69) is 10.3 Å². The first-order valence-corrected chi connectivity index (χ1v) is 6.80. The lowest BCUT2D eigenvalue weighted by Gasteiger charge is -2.08. The van der Waals surface area contributed by atoms with Gasteiger partial charge in [0.2, 0.25) is 0 Å². The fraction of sp³-hybridized carbons (Fsp3) is 0.909. The van der Waals surface area contributed by atoms with Crippen LogP contribution < -0.4 is 5.32 Å². The van der Waals surface area contributed by atoms with Gasteiger partial charge in [0.1, 0.15) is 0 Å². The Balaban J connectivity index is 1.47. The maximum atomic E-state index is 5.37. The molecule has 1 heterocycles. The second kappa shape index (κ2) is 6.47. The third kappa shape index (κ3) is 3.96. The van der Waals surface area contributed by atoms with Crippen LogP contribution in [0.5, 0.6) is 0 Å². The zero-order valence-corrected chi connectivity index (χ0v) is 10.6. The third-order valence-corrected chi connectivity index (χ3v) is 4.11. The van der Waals surface area contributed by atoms with Gasteiger partial charge in [-0.3, -0.25) is 4.99 Å². The Morgan fingerprint density at radius 3 is 3.00 bits per heavy atom. The lowest BCUT2D eigenvalue weighted by Crippen LogP contribution is -2.24. The number of nitrogens with zero attached hydrogens (tertiary/aromatic N) is 1. The van der Waals surface area contributed by atoms with Crippen LogP contribution in [0.25, 0.3) is 0 Å². The molecule has 0 aromatic carbocycles. The molecule has 1 aliphatic heterocycles. The van der Waals surface area contributed by atoms with Crippen molar-refractivity contribution in [1.29, 1.82) is 0 Å². The van der Waals surface area contributed by atoms with Crippen LogP contribution in [-0.2, 0) is 9.47 Å². The second-order valence-electron chi connectivity index (χ2n) is 4.17. The van der Waals surface area contributed by atoms with E-state index in [4.69, 9.17) is 9.47 Å². The first-order chi connectivity index (χ1) is 7.90. The maximum absolute atomic E-state index is 5.37. The van der Waals surface area contributed by atoms with Crippen LogP contribution in [0.2, 0.25) is 0 Å². The molecule has 0 spiro atoms. The number of amidine groups is 1. The number of hydrogen-bond acceptors (Lipinski definition) is 5. The van der Waals surface area contributed by atoms with E-state index in [-0.39, 0.29) is 0 Å². The Morgan fingerprint density at radius 2 is 2.25 bits per heavy atom. The Bertz CT molecular complexity index is 244. The van der Waals surface area contributed by atoms with Crippen molar-refractivity contribution in [2.75, 3.05) is 40.0 Å². The van der Waals surface area contributed by atoms with Crippen LogP contribution in [0.1, 0.15) is 12.8 Å². The SMILES string of the molecule is COCCOCCNC1=NCC(C2CC2)S1. The molecule has 2 rings (SSSR count). The van der Waals surface area contributed by atoms with Crippen molar-refractivity contribution in [3.05, 3.63) is 0 Å². The molecule has 0 saturated heterocycles. The topological polar surface area (TPSA) is 42.9 Å². The Hall–Kier alpha value is -0.260. The Kier molecular flexibility index (Phi) is 4.93. The molecule has 0 radical (unpaired) electrons. The monoisotopic (exact) mass is 244 g/mol. The van der Waals surface area contributed by atoms with Crippen LogP contribution >= 0.6 is 11.8 Å². The van der Waals surface area contributed by atoms with E-state index in [1.165, 1.54) is 12.8 Å². The maximum Gasteiger partial charge on any atom is 0.157 e. The van der Waals surface area contributed by atoms with Gasteiger partial charge in [-0.2, -0.15) is 0 Å². The molecular formula is C11H20N2O2S. The summed E-state index contributed by atoms with van der Waals surface area (Å²) >= 11 is 1.91. The van der Waals surface area contributed by atoms with Crippen molar-refractivity contribution in [1.82, 2.24) is 5.32 Å². The molecule has 1 fully saturated rings. The van der Waals surface area contributed by atoms with E-state index >= 15 is 0 Å². The molecule has 1 atom stereocenters. The predicted molar refractivity (Wildman–Crippen MR) is 67.1 cm³/mol. The number of aliphatic imine (C=N–C) groups is 1. The largest absolute Gasteiger partial charge is 0.382 e. The summed E-state index contributed by atoms with van der Waals surface area (Å²) in [4.78, 5) is 4.50. The Morgan fingerprint density at radius 1 is 1.38 bits per heavy atom. The van der Waals surface area contributed by atoms with Crippen molar-refractivity contribution in [3.63, 3.8) is 0 Å². The molecule has 92 valence electrons. The van der Waals surface area contributed by atoms with Gasteiger partial charge in [0.05, 0.1) is 26.4 Å². The molecular weight excluding hydrogens is 224 g/mol. The minimum Gasteiger partial charge on any atom is -0.382 e. The van der Waals surface area contributed by atoms with Crippen LogP contribution in [0, 0.1) is 5.92 Å². The minimum absolute atomic E-state index is 0.666. The lowest BCUT2D eigenvalue weighted by atomic mass is 10.3.